The second kappa shape index (κ2) is 5.42. The zero-order valence-corrected chi connectivity index (χ0v) is 9.61. The fourth-order valence-electron chi connectivity index (χ4n) is 1.66. The largest absolute Gasteiger partial charge is 0.276 e. The summed E-state index contributed by atoms with van der Waals surface area (Å²) >= 11 is 0. The zero-order valence-electron chi connectivity index (χ0n) is 9.61. The van der Waals surface area contributed by atoms with Gasteiger partial charge in [-0.2, -0.15) is 0 Å². The Kier molecular flexibility index (Phi) is 3.69. The fraction of sp³-hybridized carbons (Fsp3) is 0.250. The molecule has 1 aliphatic rings. The molecule has 1 aromatic carbocycles. The van der Waals surface area contributed by atoms with Crippen LogP contribution in [0.25, 0.3) is 6.08 Å². The highest BCUT2D eigenvalue weighted by Gasteiger charge is 2.17. The van der Waals surface area contributed by atoms with Crippen LogP contribution in [-0.2, 0) is 9.63 Å². The van der Waals surface area contributed by atoms with Crippen molar-refractivity contribution in [2.45, 2.75) is 6.42 Å². The Bertz CT molecular complexity index is 493. The minimum Gasteiger partial charge on any atom is -0.271 e. The Hall–Kier alpha value is -2.21. The van der Waals surface area contributed by atoms with Gasteiger partial charge in [-0.1, -0.05) is 12.1 Å². The summed E-state index contributed by atoms with van der Waals surface area (Å²) in [4.78, 5) is 27.0. The molecule has 0 aliphatic carbocycles. The standard InChI is InChI=1S/C12H12N2O4/c15-12(13-8-3-9-18-13)7-6-10-4-1-2-5-11(10)14(16)17/h1-2,4-7H,3,8-9H2/b7-6+. The van der Waals surface area contributed by atoms with Gasteiger partial charge in [-0.3, -0.25) is 19.7 Å². The van der Waals surface area contributed by atoms with Gasteiger partial charge in [0.1, 0.15) is 0 Å². The number of hydroxylamine groups is 2. The van der Waals surface area contributed by atoms with E-state index in [9.17, 15) is 14.9 Å². The van der Waals surface area contributed by atoms with E-state index in [4.69, 9.17) is 4.84 Å². The highest BCUT2D eigenvalue weighted by atomic mass is 16.7. The molecular weight excluding hydrogens is 236 g/mol. The number of hydrogen-bond donors (Lipinski definition) is 0. The van der Waals surface area contributed by atoms with E-state index in [2.05, 4.69) is 0 Å². The van der Waals surface area contributed by atoms with E-state index in [0.29, 0.717) is 18.7 Å². The van der Waals surface area contributed by atoms with E-state index in [1.54, 1.807) is 18.2 Å². The Morgan fingerprint density at radius 2 is 2.22 bits per heavy atom. The summed E-state index contributed by atoms with van der Waals surface area (Å²) in [5.41, 5.74) is 0.374. The molecule has 1 saturated heterocycles. The molecule has 0 atom stereocenters. The number of para-hydroxylation sites is 1. The quantitative estimate of drug-likeness (QED) is 0.464. The summed E-state index contributed by atoms with van der Waals surface area (Å²) in [6, 6.07) is 6.26. The van der Waals surface area contributed by atoms with Crippen molar-refractivity contribution in [1.29, 1.82) is 0 Å². The van der Waals surface area contributed by atoms with Crippen molar-refractivity contribution in [3.63, 3.8) is 0 Å². The molecular formula is C12H12N2O4. The van der Waals surface area contributed by atoms with Crippen molar-refractivity contribution >= 4 is 17.7 Å². The van der Waals surface area contributed by atoms with E-state index in [1.807, 2.05) is 0 Å². The first kappa shape index (κ1) is 12.3. The number of nitro benzene ring substituents is 1. The van der Waals surface area contributed by atoms with E-state index in [1.165, 1.54) is 23.3 Å². The van der Waals surface area contributed by atoms with Crippen LogP contribution in [0.2, 0.25) is 0 Å². The summed E-state index contributed by atoms with van der Waals surface area (Å²) in [5.74, 6) is -0.300. The van der Waals surface area contributed by atoms with Crippen LogP contribution in [0.4, 0.5) is 5.69 Å². The molecule has 0 aromatic heterocycles. The molecule has 0 bridgehead atoms. The lowest BCUT2D eigenvalue weighted by molar-refractivity contribution is -0.385. The molecule has 6 nitrogen and oxygen atoms in total. The van der Waals surface area contributed by atoms with Gasteiger partial charge in [-0.25, -0.2) is 5.06 Å². The molecule has 1 amide bonds. The van der Waals surface area contributed by atoms with E-state index in [0.717, 1.165) is 6.42 Å². The third-order valence-corrected chi connectivity index (χ3v) is 2.54. The van der Waals surface area contributed by atoms with Gasteiger partial charge >= 0.3 is 0 Å². The maximum absolute atomic E-state index is 11.6. The smallest absolute Gasteiger partial charge is 0.271 e. The van der Waals surface area contributed by atoms with Crippen LogP contribution in [0, 0.1) is 10.1 Å². The predicted molar refractivity (Wildman–Crippen MR) is 64.4 cm³/mol. The Labute approximate surface area is 104 Å². The summed E-state index contributed by atoms with van der Waals surface area (Å²) in [6.45, 7) is 1.09. The molecule has 6 heteroatoms. The highest BCUT2D eigenvalue weighted by molar-refractivity contribution is 5.91. The average molecular weight is 248 g/mol. The molecule has 0 unspecified atom stereocenters. The van der Waals surface area contributed by atoms with Crippen molar-refractivity contribution in [1.82, 2.24) is 5.06 Å². The average Bonchev–Trinajstić information content (AvgIpc) is 2.90. The lowest BCUT2D eigenvalue weighted by Crippen LogP contribution is -2.24. The van der Waals surface area contributed by atoms with Crippen LogP contribution in [0.3, 0.4) is 0 Å². The first-order valence-corrected chi connectivity index (χ1v) is 5.54. The lowest BCUT2D eigenvalue weighted by Gasteiger charge is -2.10. The normalized spacial score (nSPS) is 15.2. The van der Waals surface area contributed by atoms with Crippen LogP contribution in [0.15, 0.2) is 30.3 Å². The number of carbonyl (C=O) groups excluding carboxylic acids is 1. The van der Waals surface area contributed by atoms with Crippen LogP contribution in [0.1, 0.15) is 12.0 Å². The molecule has 0 radical (unpaired) electrons. The maximum Gasteiger partial charge on any atom is 0.276 e. The minimum atomic E-state index is -0.476. The topological polar surface area (TPSA) is 72.7 Å². The zero-order chi connectivity index (χ0) is 13.0. The van der Waals surface area contributed by atoms with Crippen LogP contribution in [-0.4, -0.2) is 29.0 Å². The molecule has 1 fully saturated rings. The van der Waals surface area contributed by atoms with Gasteiger partial charge in [-0.15, -0.1) is 0 Å². The van der Waals surface area contributed by atoms with Gasteiger partial charge in [0.05, 0.1) is 23.6 Å². The number of carbonyl (C=O) groups is 1. The van der Waals surface area contributed by atoms with Crippen LogP contribution in [0.5, 0.6) is 0 Å². The number of amides is 1. The molecule has 18 heavy (non-hydrogen) atoms. The molecule has 0 saturated carbocycles. The third kappa shape index (κ3) is 2.72. The van der Waals surface area contributed by atoms with Crippen molar-refractivity contribution < 1.29 is 14.6 Å². The molecule has 0 N–H and O–H groups in total. The second-order valence-corrected chi connectivity index (χ2v) is 3.78. The molecule has 0 spiro atoms. The second-order valence-electron chi connectivity index (χ2n) is 3.78. The molecule has 94 valence electrons. The Balaban J connectivity index is 2.13. The molecule has 2 rings (SSSR count). The number of rotatable bonds is 3. The summed E-state index contributed by atoms with van der Waals surface area (Å²) in [5, 5.41) is 12.0. The summed E-state index contributed by atoms with van der Waals surface area (Å²) in [7, 11) is 0. The van der Waals surface area contributed by atoms with Gasteiger partial charge < -0.3 is 0 Å². The van der Waals surface area contributed by atoms with Gasteiger partial charge in [0.2, 0.25) is 0 Å². The van der Waals surface area contributed by atoms with Crippen molar-refractivity contribution in [3.05, 3.63) is 46.0 Å². The Morgan fingerprint density at radius 1 is 1.44 bits per heavy atom. The third-order valence-electron chi connectivity index (χ3n) is 2.54. The molecule has 1 aromatic rings. The van der Waals surface area contributed by atoms with Crippen molar-refractivity contribution in [2.75, 3.05) is 13.2 Å². The van der Waals surface area contributed by atoms with Crippen LogP contribution < -0.4 is 0 Å². The van der Waals surface area contributed by atoms with Crippen molar-refractivity contribution in [3.8, 4) is 0 Å². The number of nitro groups is 1. The monoisotopic (exact) mass is 248 g/mol. The van der Waals surface area contributed by atoms with Gasteiger partial charge in [0, 0.05) is 12.1 Å². The maximum atomic E-state index is 11.6. The van der Waals surface area contributed by atoms with Crippen molar-refractivity contribution in [2.24, 2.45) is 0 Å². The van der Waals surface area contributed by atoms with Crippen LogP contribution >= 0.6 is 0 Å². The fourth-order valence-corrected chi connectivity index (χ4v) is 1.66. The molecule has 1 heterocycles. The molecule has 1 aliphatic heterocycles. The Morgan fingerprint density at radius 3 is 2.89 bits per heavy atom. The summed E-state index contributed by atoms with van der Waals surface area (Å²) in [6.07, 6.45) is 3.53. The van der Waals surface area contributed by atoms with E-state index in [-0.39, 0.29) is 11.6 Å². The first-order chi connectivity index (χ1) is 8.68. The number of hydrogen-bond acceptors (Lipinski definition) is 4. The SMILES string of the molecule is O=C(/C=C/c1ccccc1[N+](=O)[O-])N1CCCO1. The number of benzene rings is 1. The van der Waals surface area contributed by atoms with Gasteiger partial charge in [-0.05, 0) is 18.6 Å². The lowest BCUT2D eigenvalue weighted by atomic mass is 10.1. The van der Waals surface area contributed by atoms with E-state index < -0.39 is 4.92 Å². The van der Waals surface area contributed by atoms with Gasteiger partial charge in [0.15, 0.2) is 0 Å². The highest BCUT2D eigenvalue weighted by Crippen LogP contribution is 2.19. The minimum absolute atomic E-state index is 0.0242. The van der Waals surface area contributed by atoms with Gasteiger partial charge in [0.25, 0.3) is 11.6 Å². The van der Waals surface area contributed by atoms with E-state index >= 15 is 0 Å². The first-order valence-electron chi connectivity index (χ1n) is 5.54. The summed E-state index contributed by atoms with van der Waals surface area (Å²) < 4.78 is 0. The predicted octanol–water partition coefficient (Wildman–Crippen LogP) is 1.77. The number of nitrogens with zero attached hydrogens (tertiary/aromatic N) is 2.